The molecule has 84 valence electrons. The zero-order valence-electron chi connectivity index (χ0n) is 9.25. The van der Waals surface area contributed by atoms with Crippen LogP contribution in [0.5, 0.6) is 5.75 Å². The average molecular weight is 226 g/mol. The molecule has 0 bridgehead atoms. The van der Waals surface area contributed by atoms with E-state index in [2.05, 4.69) is 14.9 Å². The fourth-order valence-corrected chi connectivity index (χ4v) is 1.75. The molecule has 0 aliphatic heterocycles. The van der Waals surface area contributed by atoms with Crippen molar-refractivity contribution in [1.82, 2.24) is 10.3 Å². The highest BCUT2D eigenvalue weighted by atomic mass is 16.6. The molecular weight excluding hydrogens is 216 g/mol. The fraction of sp³-hybridized carbons (Fsp3) is 0.0769. The summed E-state index contributed by atoms with van der Waals surface area (Å²) in [5.74, 6) is 0.845. The van der Waals surface area contributed by atoms with Crippen LogP contribution in [0.1, 0.15) is 0 Å². The zero-order valence-corrected chi connectivity index (χ0v) is 9.25. The molecule has 4 nitrogen and oxygen atoms in total. The van der Waals surface area contributed by atoms with Gasteiger partial charge in [-0.1, -0.05) is 18.2 Å². The van der Waals surface area contributed by atoms with Gasteiger partial charge in [-0.25, -0.2) is 4.63 Å². The molecule has 0 aliphatic rings. The molecule has 0 radical (unpaired) electrons. The van der Waals surface area contributed by atoms with Crippen LogP contribution in [0.4, 0.5) is 0 Å². The van der Waals surface area contributed by atoms with E-state index in [-0.39, 0.29) is 0 Å². The first kappa shape index (κ1) is 9.84. The van der Waals surface area contributed by atoms with Crippen molar-refractivity contribution in [2.45, 2.75) is 0 Å². The van der Waals surface area contributed by atoms with Gasteiger partial charge < -0.3 is 4.74 Å². The van der Waals surface area contributed by atoms with Crippen LogP contribution < -0.4 is 4.74 Å². The molecule has 0 aliphatic carbocycles. The predicted molar refractivity (Wildman–Crippen MR) is 63.8 cm³/mol. The maximum atomic E-state index is 5.13. The van der Waals surface area contributed by atoms with Gasteiger partial charge in [0.05, 0.1) is 7.11 Å². The normalized spacial score (nSPS) is 10.6. The minimum absolute atomic E-state index is 0.762. The lowest BCUT2D eigenvalue weighted by Gasteiger charge is -2.03. The first-order valence-electron chi connectivity index (χ1n) is 5.23. The molecule has 0 saturated heterocycles. The van der Waals surface area contributed by atoms with Gasteiger partial charge in [0.2, 0.25) is 0 Å². The fourth-order valence-electron chi connectivity index (χ4n) is 1.75. The number of aromatic nitrogens is 2. The number of methoxy groups -OCH3 is 1. The Balaban J connectivity index is 2.06. The minimum Gasteiger partial charge on any atom is -0.497 e. The van der Waals surface area contributed by atoms with Gasteiger partial charge in [0.15, 0.2) is 0 Å². The van der Waals surface area contributed by atoms with E-state index < -0.39 is 0 Å². The van der Waals surface area contributed by atoms with Crippen molar-refractivity contribution < 1.29 is 9.37 Å². The van der Waals surface area contributed by atoms with E-state index in [1.54, 1.807) is 7.11 Å². The minimum atomic E-state index is 0.762. The van der Waals surface area contributed by atoms with Crippen molar-refractivity contribution in [3.8, 4) is 16.9 Å². The van der Waals surface area contributed by atoms with Gasteiger partial charge in [0, 0.05) is 0 Å². The maximum absolute atomic E-state index is 5.13. The number of hydrogen-bond acceptors (Lipinski definition) is 4. The first-order valence-corrected chi connectivity index (χ1v) is 5.23. The topological polar surface area (TPSA) is 48.2 Å². The lowest BCUT2D eigenvalue weighted by atomic mass is 10.1. The SMILES string of the molecule is COc1ccc(-c2ccc3nonc3c2)cc1. The third-order valence-corrected chi connectivity index (χ3v) is 2.68. The predicted octanol–water partition coefficient (Wildman–Crippen LogP) is 2.90. The summed E-state index contributed by atoms with van der Waals surface area (Å²) in [6, 6.07) is 13.7. The van der Waals surface area contributed by atoms with Crippen LogP contribution in [-0.4, -0.2) is 17.4 Å². The van der Waals surface area contributed by atoms with Crippen LogP contribution in [0.15, 0.2) is 47.1 Å². The summed E-state index contributed by atoms with van der Waals surface area (Å²) in [5, 5.41) is 7.60. The van der Waals surface area contributed by atoms with E-state index in [1.807, 2.05) is 42.5 Å². The molecule has 1 aromatic heterocycles. The second-order valence-electron chi connectivity index (χ2n) is 3.70. The van der Waals surface area contributed by atoms with Crippen molar-refractivity contribution in [1.29, 1.82) is 0 Å². The molecule has 0 saturated carbocycles. The van der Waals surface area contributed by atoms with Crippen molar-refractivity contribution in [2.24, 2.45) is 0 Å². The summed E-state index contributed by atoms with van der Waals surface area (Å²) >= 11 is 0. The molecule has 1 heterocycles. The third kappa shape index (κ3) is 1.73. The van der Waals surface area contributed by atoms with E-state index >= 15 is 0 Å². The Hall–Kier alpha value is -2.36. The lowest BCUT2D eigenvalue weighted by molar-refractivity contribution is 0.315. The molecule has 0 fully saturated rings. The zero-order chi connectivity index (χ0) is 11.7. The van der Waals surface area contributed by atoms with Crippen LogP contribution in [0, 0.1) is 0 Å². The van der Waals surface area contributed by atoms with E-state index in [1.165, 1.54) is 0 Å². The monoisotopic (exact) mass is 226 g/mol. The highest BCUT2D eigenvalue weighted by molar-refractivity contribution is 5.80. The van der Waals surface area contributed by atoms with Gasteiger partial charge in [0.25, 0.3) is 0 Å². The Morgan fingerprint density at radius 1 is 0.882 bits per heavy atom. The summed E-state index contributed by atoms with van der Waals surface area (Å²) in [5.41, 5.74) is 3.71. The Morgan fingerprint density at radius 3 is 2.35 bits per heavy atom. The largest absolute Gasteiger partial charge is 0.497 e. The standard InChI is InChI=1S/C13H10N2O2/c1-16-11-5-2-9(3-6-11)10-4-7-12-13(8-10)15-17-14-12/h2-8H,1H3. The van der Waals surface area contributed by atoms with Crippen LogP contribution in [0.3, 0.4) is 0 Å². The second kappa shape index (κ2) is 3.90. The summed E-state index contributed by atoms with van der Waals surface area (Å²) < 4.78 is 9.80. The third-order valence-electron chi connectivity index (χ3n) is 2.68. The van der Waals surface area contributed by atoms with Gasteiger partial charge in [-0.3, -0.25) is 0 Å². The number of fused-ring (bicyclic) bond motifs is 1. The summed E-state index contributed by atoms with van der Waals surface area (Å²) in [6.45, 7) is 0. The smallest absolute Gasteiger partial charge is 0.135 e. The maximum Gasteiger partial charge on any atom is 0.135 e. The van der Waals surface area contributed by atoms with E-state index in [0.717, 1.165) is 27.9 Å². The summed E-state index contributed by atoms with van der Waals surface area (Å²) in [7, 11) is 1.65. The lowest BCUT2D eigenvalue weighted by Crippen LogP contribution is -1.82. The summed E-state index contributed by atoms with van der Waals surface area (Å²) in [6.07, 6.45) is 0. The quantitative estimate of drug-likeness (QED) is 0.674. The van der Waals surface area contributed by atoms with E-state index in [0.29, 0.717) is 0 Å². The summed E-state index contributed by atoms with van der Waals surface area (Å²) in [4.78, 5) is 0. The number of rotatable bonds is 2. The van der Waals surface area contributed by atoms with Crippen molar-refractivity contribution in [3.05, 3.63) is 42.5 Å². The van der Waals surface area contributed by atoms with Crippen LogP contribution in [0.2, 0.25) is 0 Å². The molecule has 3 aromatic rings. The van der Waals surface area contributed by atoms with Crippen molar-refractivity contribution >= 4 is 11.0 Å². The van der Waals surface area contributed by atoms with Gasteiger partial charge in [-0.05, 0) is 45.7 Å². The first-order chi connectivity index (χ1) is 8.36. The van der Waals surface area contributed by atoms with Crippen LogP contribution in [-0.2, 0) is 0 Å². The highest BCUT2D eigenvalue weighted by Crippen LogP contribution is 2.24. The average Bonchev–Trinajstić information content (AvgIpc) is 2.86. The molecule has 0 amide bonds. The van der Waals surface area contributed by atoms with Gasteiger partial charge >= 0.3 is 0 Å². The van der Waals surface area contributed by atoms with E-state index in [4.69, 9.17) is 4.74 Å². The Labute approximate surface area is 97.8 Å². The van der Waals surface area contributed by atoms with Crippen molar-refractivity contribution in [2.75, 3.05) is 7.11 Å². The molecule has 3 rings (SSSR count). The highest BCUT2D eigenvalue weighted by Gasteiger charge is 2.03. The number of benzene rings is 2. The number of ether oxygens (including phenoxy) is 1. The molecule has 0 spiro atoms. The number of hydrogen-bond donors (Lipinski definition) is 0. The molecule has 0 N–H and O–H groups in total. The van der Waals surface area contributed by atoms with Gasteiger partial charge in [-0.15, -0.1) is 0 Å². The molecular formula is C13H10N2O2. The second-order valence-corrected chi connectivity index (χ2v) is 3.70. The molecule has 17 heavy (non-hydrogen) atoms. The molecule has 0 unspecified atom stereocenters. The van der Waals surface area contributed by atoms with Crippen LogP contribution >= 0.6 is 0 Å². The van der Waals surface area contributed by atoms with Gasteiger partial charge in [0.1, 0.15) is 16.8 Å². The Kier molecular flexibility index (Phi) is 2.26. The molecule has 2 aromatic carbocycles. The van der Waals surface area contributed by atoms with Crippen molar-refractivity contribution in [3.63, 3.8) is 0 Å². The molecule has 0 atom stereocenters. The van der Waals surface area contributed by atoms with E-state index in [9.17, 15) is 0 Å². The Morgan fingerprint density at radius 2 is 1.59 bits per heavy atom. The number of nitrogens with zero attached hydrogens (tertiary/aromatic N) is 2. The van der Waals surface area contributed by atoms with Crippen LogP contribution in [0.25, 0.3) is 22.2 Å². The van der Waals surface area contributed by atoms with Gasteiger partial charge in [-0.2, -0.15) is 0 Å². The molecule has 4 heteroatoms. The Bertz CT molecular complexity index is 644.